The van der Waals surface area contributed by atoms with Gasteiger partial charge in [0.2, 0.25) is 5.91 Å². The van der Waals surface area contributed by atoms with E-state index in [1.165, 1.54) is 5.39 Å². The molecule has 0 radical (unpaired) electrons. The highest BCUT2D eigenvalue weighted by Crippen LogP contribution is 2.36. The van der Waals surface area contributed by atoms with Gasteiger partial charge in [0.05, 0.1) is 28.4 Å². The van der Waals surface area contributed by atoms with Gasteiger partial charge in [-0.15, -0.1) is 0 Å². The molecule has 6 heteroatoms. The first kappa shape index (κ1) is 23.6. The molecule has 0 spiro atoms. The summed E-state index contributed by atoms with van der Waals surface area (Å²) < 4.78 is 8.45. The molecule has 1 aliphatic heterocycles. The molecule has 5 nitrogen and oxygen atoms in total. The molecule has 1 fully saturated rings. The topological polar surface area (TPSA) is 47.4 Å². The van der Waals surface area contributed by atoms with E-state index in [1.54, 1.807) is 4.90 Å². The SMILES string of the molecule is O=C1CC(c2nc3ccccc3n2CCCCOc2cccc3ccccc23)CN1c1ccccc1Cl. The largest absolute Gasteiger partial charge is 0.493 e. The van der Waals surface area contributed by atoms with Gasteiger partial charge in [-0.2, -0.15) is 0 Å². The van der Waals surface area contributed by atoms with E-state index in [4.69, 9.17) is 21.3 Å². The highest BCUT2D eigenvalue weighted by Gasteiger charge is 2.35. The Labute approximate surface area is 221 Å². The number of unbranched alkanes of at least 4 members (excludes halogenated alkanes) is 1. The van der Waals surface area contributed by atoms with Crippen LogP contribution in [0.3, 0.4) is 0 Å². The Morgan fingerprint density at radius 3 is 2.59 bits per heavy atom. The van der Waals surface area contributed by atoms with Crippen molar-refractivity contribution in [1.29, 1.82) is 0 Å². The minimum Gasteiger partial charge on any atom is -0.493 e. The average Bonchev–Trinajstić information content (AvgIpc) is 3.49. The molecule has 1 amide bonds. The Morgan fingerprint density at radius 1 is 0.892 bits per heavy atom. The van der Waals surface area contributed by atoms with Crippen LogP contribution in [0.2, 0.25) is 5.02 Å². The maximum atomic E-state index is 13.0. The first-order valence-corrected chi connectivity index (χ1v) is 13.2. The first-order chi connectivity index (χ1) is 18.2. The van der Waals surface area contributed by atoms with Gasteiger partial charge in [-0.1, -0.05) is 72.3 Å². The molecule has 5 aromatic rings. The van der Waals surface area contributed by atoms with Crippen LogP contribution in [0.4, 0.5) is 5.69 Å². The van der Waals surface area contributed by atoms with Crippen molar-refractivity contribution in [2.75, 3.05) is 18.1 Å². The van der Waals surface area contributed by atoms with Gasteiger partial charge in [0, 0.05) is 30.8 Å². The third-order valence-corrected chi connectivity index (χ3v) is 7.42. The molecule has 2 heterocycles. The highest BCUT2D eigenvalue weighted by molar-refractivity contribution is 6.33. The van der Waals surface area contributed by atoms with E-state index in [9.17, 15) is 4.79 Å². The number of nitrogens with zero attached hydrogens (tertiary/aromatic N) is 3. The van der Waals surface area contributed by atoms with Crippen molar-refractivity contribution in [3.63, 3.8) is 0 Å². The van der Waals surface area contributed by atoms with E-state index in [-0.39, 0.29) is 11.8 Å². The number of rotatable bonds is 8. The van der Waals surface area contributed by atoms with Crippen molar-refractivity contribution >= 4 is 45.0 Å². The van der Waals surface area contributed by atoms with Crippen LogP contribution in [0.1, 0.15) is 31.0 Å². The summed E-state index contributed by atoms with van der Waals surface area (Å²) in [6.07, 6.45) is 2.30. The summed E-state index contributed by atoms with van der Waals surface area (Å²) in [5.74, 6) is 2.00. The van der Waals surface area contributed by atoms with E-state index in [2.05, 4.69) is 28.8 Å². The molecular weight excluding hydrogens is 482 g/mol. The second-order valence-corrected chi connectivity index (χ2v) is 9.91. The number of hydrogen-bond acceptors (Lipinski definition) is 3. The summed E-state index contributed by atoms with van der Waals surface area (Å²) in [5.41, 5.74) is 2.84. The zero-order chi connectivity index (χ0) is 25.2. The predicted molar refractivity (Wildman–Crippen MR) is 150 cm³/mol. The molecular formula is C31H28ClN3O2. The molecule has 1 unspecified atom stereocenters. The third-order valence-electron chi connectivity index (χ3n) is 7.10. The summed E-state index contributed by atoms with van der Waals surface area (Å²) >= 11 is 6.41. The fourth-order valence-electron chi connectivity index (χ4n) is 5.30. The zero-order valence-electron chi connectivity index (χ0n) is 20.5. The number of carbonyl (C=O) groups is 1. The third kappa shape index (κ3) is 4.67. The summed E-state index contributed by atoms with van der Waals surface area (Å²) in [7, 11) is 0. The monoisotopic (exact) mass is 509 g/mol. The Hall–Kier alpha value is -3.83. The van der Waals surface area contributed by atoms with Crippen LogP contribution < -0.4 is 9.64 Å². The molecule has 1 aliphatic rings. The number of carbonyl (C=O) groups excluding carboxylic acids is 1. The van der Waals surface area contributed by atoms with Gasteiger partial charge in [0.1, 0.15) is 11.6 Å². The van der Waals surface area contributed by atoms with Gasteiger partial charge < -0.3 is 14.2 Å². The number of benzene rings is 4. The van der Waals surface area contributed by atoms with Gasteiger partial charge in [-0.05, 0) is 48.6 Å². The number of hydrogen-bond donors (Lipinski definition) is 0. The smallest absolute Gasteiger partial charge is 0.227 e. The summed E-state index contributed by atoms with van der Waals surface area (Å²) in [4.78, 5) is 19.8. The fourth-order valence-corrected chi connectivity index (χ4v) is 5.54. The van der Waals surface area contributed by atoms with E-state index >= 15 is 0 Å². The van der Waals surface area contributed by atoms with Gasteiger partial charge in [-0.25, -0.2) is 4.98 Å². The molecule has 0 N–H and O–H groups in total. The zero-order valence-corrected chi connectivity index (χ0v) is 21.3. The van der Waals surface area contributed by atoms with Crippen molar-refractivity contribution < 1.29 is 9.53 Å². The lowest BCUT2D eigenvalue weighted by molar-refractivity contribution is -0.117. The summed E-state index contributed by atoms with van der Waals surface area (Å²) in [6, 6.07) is 30.2. The Bertz CT molecular complexity index is 1570. The Balaban J connectivity index is 1.17. The van der Waals surface area contributed by atoms with E-state index in [0.717, 1.165) is 53.1 Å². The molecule has 1 atom stereocenters. The lowest BCUT2D eigenvalue weighted by Crippen LogP contribution is -2.24. The van der Waals surface area contributed by atoms with Crippen LogP contribution in [-0.4, -0.2) is 28.6 Å². The number of aryl methyl sites for hydroxylation is 1. The number of imidazole rings is 1. The molecule has 0 bridgehead atoms. The maximum Gasteiger partial charge on any atom is 0.227 e. The Morgan fingerprint density at radius 2 is 1.68 bits per heavy atom. The van der Waals surface area contributed by atoms with E-state index in [1.807, 2.05) is 66.7 Å². The molecule has 6 rings (SSSR count). The maximum absolute atomic E-state index is 13.0. The molecule has 186 valence electrons. The fraction of sp³-hybridized carbons (Fsp3) is 0.226. The van der Waals surface area contributed by atoms with Gasteiger partial charge in [-0.3, -0.25) is 4.79 Å². The van der Waals surface area contributed by atoms with Crippen molar-refractivity contribution in [3.8, 4) is 5.75 Å². The van der Waals surface area contributed by atoms with Crippen LogP contribution >= 0.6 is 11.6 Å². The summed E-state index contributed by atoms with van der Waals surface area (Å²) in [5, 5.41) is 2.92. The van der Waals surface area contributed by atoms with Crippen LogP contribution in [0.25, 0.3) is 21.8 Å². The van der Waals surface area contributed by atoms with Crippen molar-refractivity contribution in [3.05, 3.63) is 102 Å². The van der Waals surface area contributed by atoms with E-state index in [0.29, 0.717) is 24.6 Å². The molecule has 0 saturated carbocycles. The number of amides is 1. The van der Waals surface area contributed by atoms with Crippen LogP contribution in [-0.2, 0) is 11.3 Å². The van der Waals surface area contributed by atoms with Crippen molar-refractivity contribution in [2.24, 2.45) is 0 Å². The minimum atomic E-state index is 0.0168. The van der Waals surface area contributed by atoms with Crippen LogP contribution in [0, 0.1) is 0 Å². The quantitative estimate of drug-likeness (QED) is 0.207. The minimum absolute atomic E-state index is 0.0168. The van der Waals surface area contributed by atoms with Gasteiger partial charge in [0.25, 0.3) is 0 Å². The normalized spacial score (nSPS) is 15.6. The second kappa shape index (κ2) is 10.3. The summed E-state index contributed by atoms with van der Waals surface area (Å²) in [6.45, 7) is 2.06. The Kier molecular flexibility index (Phi) is 6.54. The molecule has 37 heavy (non-hydrogen) atoms. The second-order valence-electron chi connectivity index (χ2n) is 9.50. The first-order valence-electron chi connectivity index (χ1n) is 12.8. The lowest BCUT2D eigenvalue weighted by atomic mass is 10.1. The highest BCUT2D eigenvalue weighted by atomic mass is 35.5. The van der Waals surface area contributed by atoms with Crippen molar-refractivity contribution in [2.45, 2.75) is 31.7 Å². The molecule has 4 aromatic carbocycles. The van der Waals surface area contributed by atoms with Gasteiger partial charge in [0.15, 0.2) is 0 Å². The number of halogens is 1. The standard InChI is InChI=1S/C31H28ClN3O2/c32-25-13-3-5-15-27(25)35-21-23(20-30(35)36)31-33-26-14-4-6-16-28(26)34(31)18-7-8-19-37-29-17-9-11-22-10-1-2-12-24(22)29/h1-6,9-17,23H,7-8,18-21H2. The molecule has 0 aliphatic carbocycles. The predicted octanol–water partition coefficient (Wildman–Crippen LogP) is 7.22. The number of ether oxygens (including phenoxy) is 1. The van der Waals surface area contributed by atoms with Crippen LogP contribution in [0.5, 0.6) is 5.75 Å². The number of aromatic nitrogens is 2. The van der Waals surface area contributed by atoms with Gasteiger partial charge >= 0.3 is 0 Å². The van der Waals surface area contributed by atoms with Crippen LogP contribution in [0.15, 0.2) is 91.0 Å². The average molecular weight is 510 g/mol. The van der Waals surface area contributed by atoms with Crippen molar-refractivity contribution in [1.82, 2.24) is 9.55 Å². The van der Waals surface area contributed by atoms with E-state index < -0.39 is 0 Å². The number of anilines is 1. The number of para-hydroxylation sites is 3. The lowest BCUT2D eigenvalue weighted by Gasteiger charge is -2.18. The number of fused-ring (bicyclic) bond motifs is 2. The molecule has 1 saturated heterocycles. The molecule has 1 aromatic heterocycles.